The van der Waals surface area contributed by atoms with Crippen LogP contribution >= 0.6 is 12.2 Å². The number of aromatic amines is 1. The van der Waals surface area contributed by atoms with E-state index >= 15 is 0 Å². The molecule has 0 aliphatic carbocycles. The average molecular weight is 296 g/mol. The summed E-state index contributed by atoms with van der Waals surface area (Å²) in [6.07, 6.45) is 0.455. The van der Waals surface area contributed by atoms with E-state index in [9.17, 15) is 8.78 Å². The van der Waals surface area contributed by atoms with E-state index in [2.05, 4.69) is 15.1 Å². The van der Waals surface area contributed by atoms with Crippen LogP contribution < -0.4 is 0 Å². The van der Waals surface area contributed by atoms with Gasteiger partial charge in [-0.25, -0.2) is 8.78 Å². The van der Waals surface area contributed by atoms with Gasteiger partial charge in [-0.2, -0.15) is 4.98 Å². The van der Waals surface area contributed by atoms with Gasteiger partial charge in [0.2, 0.25) is 5.89 Å². The van der Waals surface area contributed by atoms with Crippen LogP contribution in [0, 0.1) is 23.3 Å². The van der Waals surface area contributed by atoms with E-state index < -0.39 is 11.6 Å². The Morgan fingerprint density at radius 3 is 2.90 bits per heavy atom. The first-order chi connectivity index (χ1) is 9.54. The number of nitrogens with one attached hydrogen (secondary N) is 1. The first-order valence-electron chi connectivity index (χ1n) is 5.91. The first-order valence-corrected chi connectivity index (χ1v) is 6.32. The molecule has 0 spiro atoms. The Morgan fingerprint density at radius 1 is 1.40 bits per heavy atom. The van der Waals surface area contributed by atoms with Crippen LogP contribution in [-0.4, -0.2) is 19.7 Å². The van der Waals surface area contributed by atoms with Crippen LogP contribution in [0.4, 0.5) is 8.78 Å². The number of H-pyrrole nitrogens is 1. The molecular formula is C12H10F2N4OS. The fourth-order valence-corrected chi connectivity index (χ4v) is 2.35. The molecule has 0 radical (unpaired) electrons. The van der Waals surface area contributed by atoms with E-state index in [0.717, 1.165) is 6.07 Å². The van der Waals surface area contributed by atoms with Crippen LogP contribution in [-0.2, 0) is 13.0 Å². The summed E-state index contributed by atoms with van der Waals surface area (Å²) < 4.78 is 33.8. The summed E-state index contributed by atoms with van der Waals surface area (Å²) in [5.41, 5.74) is 0.577. The molecule has 3 aromatic rings. The van der Waals surface area contributed by atoms with Crippen molar-refractivity contribution >= 4 is 23.3 Å². The third kappa shape index (κ3) is 2.22. The molecular weight excluding hydrogens is 286 g/mol. The Kier molecular flexibility index (Phi) is 3.09. The van der Waals surface area contributed by atoms with Crippen molar-refractivity contribution in [2.75, 3.05) is 0 Å². The van der Waals surface area contributed by atoms with Gasteiger partial charge in [-0.15, -0.1) is 0 Å². The monoisotopic (exact) mass is 296 g/mol. The number of imidazole rings is 1. The molecule has 104 valence electrons. The number of benzene rings is 1. The normalized spacial score (nSPS) is 11.3. The number of nitrogens with zero attached hydrogens (tertiary/aromatic N) is 3. The fourth-order valence-electron chi connectivity index (χ4n) is 2.06. The molecule has 20 heavy (non-hydrogen) atoms. The average Bonchev–Trinajstić information content (AvgIpc) is 2.91. The smallest absolute Gasteiger partial charge is 0.223 e. The van der Waals surface area contributed by atoms with Crippen LogP contribution in [0.15, 0.2) is 16.7 Å². The standard InChI is InChI=1S/C12H10F2N4OS/c1-6-15-10(17-19-6)2-3-18-9-5-7(13)4-8(14)11(9)16-12(18)20/h4-5H,2-3H2,1H3,(H,16,20). The van der Waals surface area contributed by atoms with E-state index in [4.69, 9.17) is 16.7 Å². The van der Waals surface area contributed by atoms with Gasteiger partial charge in [0, 0.05) is 26.0 Å². The highest BCUT2D eigenvalue weighted by atomic mass is 32.1. The largest absolute Gasteiger partial charge is 0.340 e. The molecule has 0 aliphatic rings. The minimum Gasteiger partial charge on any atom is -0.340 e. The topological polar surface area (TPSA) is 59.6 Å². The van der Waals surface area contributed by atoms with Gasteiger partial charge in [-0.1, -0.05) is 5.16 Å². The van der Waals surface area contributed by atoms with Crippen molar-refractivity contribution < 1.29 is 13.3 Å². The third-order valence-corrected chi connectivity index (χ3v) is 3.25. The zero-order valence-corrected chi connectivity index (χ0v) is 11.3. The second kappa shape index (κ2) is 4.78. The molecule has 0 aliphatic heterocycles. The maximum atomic E-state index is 13.6. The summed E-state index contributed by atoms with van der Waals surface area (Å²) in [4.78, 5) is 6.81. The lowest BCUT2D eigenvalue weighted by atomic mass is 10.3. The predicted molar refractivity (Wildman–Crippen MR) is 69.8 cm³/mol. The SMILES string of the molecule is Cc1nc(CCn2c(=S)[nH]c3c(F)cc(F)cc32)no1. The molecule has 8 heteroatoms. The molecule has 0 saturated heterocycles. The molecule has 2 aromatic heterocycles. The van der Waals surface area contributed by atoms with E-state index in [1.54, 1.807) is 11.5 Å². The third-order valence-electron chi connectivity index (χ3n) is 2.93. The Bertz CT molecular complexity index is 836. The highest BCUT2D eigenvalue weighted by molar-refractivity contribution is 7.71. The number of halogens is 2. The molecule has 0 amide bonds. The van der Waals surface area contributed by atoms with Crippen LogP contribution in [0.5, 0.6) is 0 Å². The molecule has 1 N–H and O–H groups in total. The van der Waals surface area contributed by atoms with Crippen LogP contribution in [0.1, 0.15) is 11.7 Å². The van der Waals surface area contributed by atoms with Crippen molar-refractivity contribution in [3.05, 3.63) is 40.3 Å². The Labute approximate surface area is 117 Å². The molecule has 3 rings (SSSR count). The predicted octanol–water partition coefficient (Wildman–Crippen LogP) is 2.91. The molecule has 0 fully saturated rings. The molecule has 1 aromatic carbocycles. The summed E-state index contributed by atoms with van der Waals surface area (Å²) in [6, 6.07) is 2.06. The lowest BCUT2D eigenvalue weighted by Crippen LogP contribution is -2.03. The number of rotatable bonds is 3. The quantitative estimate of drug-likeness (QED) is 0.755. The van der Waals surface area contributed by atoms with E-state index in [1.807, 2.05) is 0 Å². The highest BCUT2D eigenvalue weighted by Crippen LogP contribution is 2.19. The van der Waals surface area contributed by atoms with Gasteiger partial charge < -0.3 is 14.1 Å². The van der Waals surface area contributed by atoms with Crippen molar-refractivity contribution in [2.45, 2.75) is 19.9 Å². The number of hydrogen-bond acceptors (Lipinski definition) is 4. The summed E-state index contributed by atoms with van der Waals surface area (Å²) in [5.74, 6) is -0.316. The van der Waals surface area contributed by atoms with Crippen LogP contribution in [0.3, 0.4) is 0 Å². The van der Waals surface area contributed by atoms with Gasteiger partial charge in [0.25, 0.3) is 0 Å². The van der Waals surface area contributed by atoms with Crippen molar-refractivity contribution in [3.63, 3.8) is 0 Å². The van der Waals surface area contributed by atoms with E-state index in [0.29, 0.717) is 35.0 Å². The summed E-state index contributed by atoms with van der Waals surface area (Å²) in [5, 5.41) is 3.77. The highest BCUT2D eigenvalue weighted by Gasteiger charge is 2.12. The maximum absolute atomic E-state index is 13.6. The molecule has 5 nitrogen and oxygen atoms in total. The summed E-state index contributed by atoms with van der Waals surface area (Å²) >= 11 is 5.13. The zero-order chi connectivity index (χ0) is 14.3. The number of aromatic nitrogens is 4. The fraction of sp³-hybridized carbons (Fsp3) is 0.250. The van der Waals surface area contributed by atoms with Crippen molar-refractivity contribution in [2.24, 2.45) is 0 Å². The molecule has 2 heterocycles. The zero-order valence-electron chi connectivity index (χ0n) is 10.5. The van der Waals surface area contributed by atoms with Gasteiger partial charge in [0.1, 0.15) is 11.3 Å². The Hall–Kier alpha value is -2.09. The minimum absolute atomic E-state index is 0.195. The van der Waals surface area contributed by atoms with Crippen molar-refractivity contribution in [1.29, 1.82) is 0 Å². The number of aryl methyl sites for hydroxylation is 3. The molecule has 0 unspecified atom stereocenters. The maximum Gasteiger partial charge on any atom is 0.223 e. The lowest BCUT2D eigenvalue weighted by Gasteiger charge is -2.02. The Balaban J connectivity index is 1.98. The minimum atomic E-state index is -0.666. The molecule has 0 saturated carbocycles. The van der Waals surface area contributed by atoms with Crippen LogP contribution in [0.25, 0.3) is 11.0 Å². The van der Waals surface area contributed by atoms with Gasteiger partial charge in [0.05, 0.1) is 5.52 Å². The van der Waals surface area contributed by atoms with E-state index in [1.165, 1.54) is 6.07 Å². The lowest BCUT2D eigenvalue weighted by molar-refractivity contribution is 0.386. The van der Waals surface area contributed by atoms with Crippen LogP contribution in [0.2, 0.25) is 0 Å². The van der Waals surface area contributed by atoms with E-state index in [-0.39, 0.29) is 5.52 Å². The first kappa shape index (κ1) is 12.9. The molecule has 0 atom stereocenters. The number of fused-ring (bicyclic) bond motifs is 1. The Morgan fingerprint density at radius 2 is 2.20 bits per heavy atom. The summed E-state index contributed by atoms with van der Waals surface area (Å²) in [6.45, 7) is 2.10. The van der Waals surface area contributed by atoms with Gasteiger partial charge in [0.15, 0.2) is 16.4 Å². The second-order valence-corrected chi connectivity index (χ2v) is 4.73. The summed E-state index contributed by atoms with van der Waals surface area (Å²) in [7, 11) is 0. The van der Waals surface area contributed by atoms with Gasteiger partial charge in [-0.3, -0.25) is 0 Å². The van der Waals surface area contributed by atoms with Gasteiger partial charge >= 0.3 is 0 Å². The van der Waals surface area contributed by atoms with Crippen molar-refractivity contribution in [3.8, 4) is 0 Å². The second-order valence-electron chi connectivity index (χ2n) is 4.34. The number of hydrogen-bond donors (Lipinski definition) is 1. The van der Waals surface area contributed by atoms with Crippen molar-refractivity contribution in [1.82, 2.24) is 19.7 Å². The molecule has 0 bridgehead atoms. The van der Waals surface area contributed by atoms with Gasteiger partial charge in [-0.05, 0) is 18.3 Å².